The summed E-state index contributed by atoms with van der Waals surface area (Å²) in [5.41, 5.74) is 0. The van der Waals surface area contributed by atoms with Crippen LogP contribution in [0.4, 0.5) is 0 Å². The van der Waals surface area contributed by atoms with E-state index in [-0.39, 0.29) is 17.9 Å². The van der Waals surface area contributed by atoms with Gasteiger partial charge in [-0.15, -0.1) is 0 Å². The highest BCUT2D eigenvalue weighted by molar-refractivity contribution is 5.79. The van der Waals surface area contributed by atoms with E-state index in [4.69, 9.17) is 10.7 Å². The lowest BCUT2D eigenvalue weighted by Gasteiger charge is -2.30. The number of nitrogens with two attached hydrogens (primary N) is 1. The van der Waals surface area contributed by atoms with Crippen molar-refractivity contribution in [3.8, 4) is 0 Å². The maximum absolute atomic E-state index is 12.1. The van der Waals surface area contributed by atoms with E-state index >= 15 is 0 Å². The van der Waals surface area contributed by atoms with Crippen LogP contribution >= 0.6 is 0 Å². The van der Waals surface area contributed by atoms with E-state index in [2.05, 4.69) is 5.32 Å². The summed E-state index contributed by atoms with van der Waals surface area (Å²) in [6, 6.07) is 0.343. The van der Waals surface area contributed by atoms with Gasteiger partial charge < -0.3 is 10.2 Å². The highest BCUT2D eigenvalue weighted by Crippen LogP contribution is 2.25. The number of hydrogen-bond donors (Lipinski definition) is 2. The van der Waals surface area contributed by atoms with Gasteiger partial charge in [0, 0.05) is 12.0 Å². The first kappa shape index (κ1) is 12.8. The van der Waals surface area contributed by atoms with Gasteiger partial charge in [0.05, 0.1) is 6.10 Å². The van der Waals surface area contributed by atoms with E-state index in [0.29, 0.717) is 6.04 Å². The van der Waals surface area contributed by atoms with Crippen molar-refractivity contribution in [3.05, 3.63) is 0 Å². The molecule has 0 bridgehead atoms. The molecule has 0 aromatic carbocycles. The van der Waals surface area contributed by atoms with E-state index in [1.807, 2.05) is 0 Å². The summed E-state index contributed by atoms with van der Waals surface area (Å²) >= 11 is 0. The van der Waals surface area contributed by atoms with Crippen LogP contribution in [0, 0.1) is 5.92 Å². The molecule has 2 saturated carbocycles. The Morgan fingerprint density at radius 1 is 1.00 bits per heavy atom. The van der Waals surface area contributed by atoms with Gasteiger partial charge in [0.1, 0.15) is 0 Å². The molecule has 0 radical (unpaired) electrons. The highest BCUT2D eigenvalue weighted by Gasteiger charge is 2.26. The predicted molar refractivity (Wildman–Crippen MR) is 66.0 cm³/mol. The van der Waals surface area contributed by atoms with Crippen molar-refractivity contribution in [3.63, 3.8) is 0 Å². The Morgan fingerprint density at radius 3 is 2.24 bits per heavy atom. The van der Waals surface area contributed by atoms with Crippen molar-refractivity contribution in [1.29, 1.82) is 0 Å². The molecule has 2 aliphatic rings. The molecule has 2 fully saturated rings. The monoisotopic (exact) mass is 240 g/mol. The third kappa shape index (κ3) is 3.68. The zero-order valence-corrected chi connectivity index (χ0v) is 10.5. The van der Waals surface area contributed by atoms with Gasteiger partial charge in [0.25, 0.3) is 0 Å². The van der Waals surface area contributed by atoms with Crippen molar-refractivity contribution in [2.45, 2.75) is 69.9 Å². The minimum atomic E-state index is 0.192. The standard InChI is InChI=1S/C13H24N2O2/c14-17-12-8-6-11(7-9-12)15-13(16)10-4-2-1-3-5-10/h10-12H,1-9,14H2,(H,15,16). The average molecular weight is 240 g/mol. The van der Waals surface area contributed by atoms with Gasteiger partial charge in [-0.2, -0.15) is 0 Å². The molecule has 0 aromatic heterocycles. The number of carbonyl (C=O) groups is 1. The normalized spacial score (nSPS) is 31.1. The molecule has 3 N–H and O–H groups in total. The maximum Gasteiger partial charge on any atom is 0.223 e. The fraction of sp³-hybridized carbons (Fsp3) is 0.923. The molecule has 2 aliphatic carbocycles. The van der Waals surface area contributed by atoms with Gasteiger partial charge in [-0.25, -0.2) is 5.90 Å². The van der Waals surface area contributed by atoms with Crippen molar-refractivity contribution < 1.29 is 9.63 Å². The Labute approximate surface area is 103 Å². The molecule has 4 heteroatoms. The van der Waals surface area contributed by atoms with Crippen LogP contribution in [0.15, 0.2) is 0 Å². The molecular formula is C13H24N2O2. The predicted octanol–water partition coefficient (Wildman–Crippen LogP) is 1.88. The van der Waals surface area contributed by atoms with E-state index in [1.165, 1.54) is 19.3 Å². The molecular weight excluding hydrogens is 216 g/mol. The van der Waals surface area contributed by atoms with Gasteiger partial charge >= 0.3 is 0 Å². The van der Waals surface area contributed by atoms with Gasteiger partial charge in [-0.1, -0.05) is 19.3 Å². The first-order valence-corrected chi connectivity index (χ1v) is 6.95. The van der Waals surface area contributed by atoms with E-state index in [0.717, 1.165) is 38.5 Å². The van der Waals surface area contributed by atoms with Crippen LogP contribution in [-0.2, 0) is 9.63 Å². The van der Waals surface area contributed by atoms with Gasteiger partial charge in [-0.05, 0) is 38.5 Å². The van der Waals surface area contributed by atoms with Crippen molar-refractivity contribution in [1.82, 2.24) is 5.32 Å². The Balaban J connectivity index is 1.71. The molecule has 0 aliphatic heterocycles. The molecule has 0 aromatic rings. The second kappa shape index (κ2) is 6.36. The largest absolute Gasteiger partial charge is 0.353 e. The van der Waals surface area contributed by atoms with Crippen LogP contribution in [-0.4, -0.2) is 18.1 Å². The fourth-order valence-electron chi connectivity index (χ4n) is 3.03. The first-order valence-electron chi connectivity index (χ1n) is 6.95. The molecule has 1 amide bonds. The van der Waals surface area contributed by atoms with Crippen LogP contribution in [0.25, 0.3) is 0 Å². The molecule has 0 heterocycles. The Bertz CT molecular complexity index is 244. The van der Waals surface area contributed by atoms with Crippen LogP contribution < -0.4 is 11.2 Å². The number of hydrogen-bond acceptors (Lipinski definition) is 3. The summed E-state index contributed by atoms with van der Waals surface area (Å²) in [5.74, 6) is 5.73. The fourth-order valence-corrected chi connectivity index (χ4v) is 3.03. The summed E-state index contributed by atoms with van der Waals surface area (Å²) in [6.45, 7) is 0. The minimum Gasteiger partial charge on any atom is -0.353 e. The Hall–Kier alpha value is -0.610. The topological polar surface area (TPSA) is 64.3 Å². The molecule has 0 spiro atoms. The van der Waals surface area contributed by atoms with Gasteiger partial charge in [-0.3, -0.25) is 4.79 Å². The highest BCUT2D eigenvalue weighted by atomic mass is 16.6. The van der Waals surface area contributed by atoms with Crippen LogP contribution in [0.1, 0.15) is 57.8 Å². The third-order valence-electron chi connectivity index (χ3n) is 4.19. The maximum atomic E-state index is 12.1. The number of nitrogens with one attached hydrogen (secondary N) is 1. The molecule has 98 valence electrons. The van der Waals surface area contributed by atoms with Crippen LogP contribution in [0.2, 0.25) is 0 Å². The summed E-state index contributed by atoms with van der Waals surface area (Å²) in [6.07, 6.45) is 10.00. The summed E-state index contributed by atoms with van der Waals surface area (Å²) in [5, 5.41) is 3.20. The molecule has 0 saturated heterocycles. The quantitative estimate of drug-likeness (QED) is 0.740. The summed E-state index contributed by atoms with van der Waals surface area (Å²) in [7, 11) is 0. The second-order valence-corrected chi connectivity index (χ2v) is 5.45. The molecule has 0 atom stereocenters. The van der Waals surface area contributed by atoms with E-state index < -0.39 is 0 Å². The SMILES string of the molecule is NOC1CCC(NC(=O)C2CCCCC2)CC1. The Morgan fingerprint density at radius 2 is 1.65 bits per heavy atom. The summed E-state index contributed by atoms with van der Waals surface area (Å²) in [4.78, 5) is 16.9. The zero-order chi connectivity index (χ0) is 12.1. The molecule has 4 nitrogen and oxygen atoms in total. The summed E-state index contributed by atoms with van der Waals surface area (Å²) < 4.78 is 0. The van der Waals surface area contributed by atoms with Crippen LogP contribution in [0.3, 0.4) is 0 Å². The third-order valence-corrected chi connectivity index (χ3v) is 4.19. The Kier molecular flexibility index (Phi) is 4.80. The average Bonchev–Trinajstić information content (AvgIpc) is 2.40. The van der Waals surface area contributed by atoms with E-state index in [9.17, 15) is 4.79 Å². The number of carbonyl (C=O) groups excluding carboxylic acids is 1. The lowest BCUT2D eigenvalue weighted by molar-refractivity contribution is -0.127. The molecule has 17 heavy (non-hydrogen) atoms. The molecule has 2 rings (SSSR count). The van der Waals surface area contributed by atoms with Gasteiger partial charge in [0.2, 0.25) is 5.91 Å². The smallest absolute Gasteiger partial charge is 0.223 e. The lowest BCUT2D eigenvalue weighted by atomic mass is 9.87. The van der Waals surface area contributed by atoms with E-state index in [1.54, 1.807) is 0 Å². The van der Waals surface area contributed by atoms with Crippen LogP contribution in [0.5, 0.6) is 0 Å². The molecule has 0 unspecified atom stereocenters. The van der Waals surface area contributed by atoms with Crippen molar-refractivity contribution in [2.75, 3.05) is 0 Å². The number of amides is 1. The van der Waals surface area contributed by atoms with Crippen molar-refractivity contribution >= 4 is 5.91 Å². The number of rotatable bonds is 3. The van der Waals surface area contributed by atoms with Gasteiger partial charge in [0.15, 0.2) is 0 Å². The second-order valence-electron chi connectivity index (χ2n) is 5.45. The first-order chi connectivity index (χ1) is 8.29. The zero-order valence-electron chi connectivity index (χ0n) is 10.5. The minimum absolute atomic E-state index is 0.192. The van der Waals surface area contributed by atoms with Crippen molar-refractivity contribution in [2.24, 2.45) is 11.8 Å². The lowest BCUT2D eigenvalue weighted by Crippen LogP contribution is -2.42.